The normalized spacial score (nSPS) is 11.9. The lowest BCUT2D eigenvalue weighted by Crippen LogP contribution is -1.98. The van der Waals surface area contributed by atoms with Crippen molar-refractivity contribution in [3.63, 3.8) is 0 Å². The zero-order valence-corrected chi connectivity index (χ0v) is 30.7. The van der Waals surface area contributed by atoms with E-state index in [2.05, 4.69) is 185 Å². The molecular weight excluding hydrogens is 697 g/mol. The van der Waals surface area contributed by atoms with Crippen molar-refractivity contribution < 1.29 is 4.42 Å². The van der Waals surface area contributed by atoms with Gasteiger partial charge in [-0.15, -0.1) is 0 Å². The Morgan fingerprint density at radius 1 is 0.368 bits per heavy atom. The molecule has 0 radical (unpaired) electrons. The van der Waals surface area contributed by atoms with Crippen LogP contribution in [0.25, 0.3) is 111 Å². The minimum Gasteiger partial charge on any atom is -0.454 e. The molecule has 5 heteroatoms. The first-order valence-corrected chi connectivity index (χ1v) is 19.3. The Morgan fingerprint density at radius 3 is 1.70 bits per heavy atom. The number of hydrogen-bond acceptors (Lipinski definition) is 3. The zero-order valence-electron chi connectivity index (χ0n) is 30.7. The van der Waals surface area contributed by atoms with E-state index in [9.17, 15) is 0 Å². The summed E-state index contributed by atoms with van der Waals surface area (Å²) in [4.78, 5) is 10.3. The maximum absolute atomic E-state index is 6.72. The average molecular weight is 729 g/mol. The molecule has 12 aromatic rings. The number of para-hydroxylation sites is 3. The molecule has 5 nitrogen and oxygen atoms in total. The predicted octanol–water partition coefficient (Wildman–Crippen LogP) is 13.6. The molecule has 0 fully saturated rings. The van der Waals surface area contributed by atoms with Crippen LogP contribution in [-0.2, 0) is 0 Å². The zero-order chi connectivity index (χ0) is 37.5. The van der Waals surface area contributed by atoms with Crippen LogP contribution in [0.3, 0.4) is 0 Å². The van der Waals surface area contributed by atoms with E-state index < -0.39 is 0 Å². The van der Waals surface area contributed by atoms with Crippen molar-refractivity contribution in [2.45, 2.75) is 0 Å². The molecule has 0 N–H and O–H groups in total. The van der Waals surface area contributed by atoms with Gasteiger partial charge in [0.2, 0.25) is 0 Å². The lowest BCUT2D eigenvalue weighted by molar-refractivity contribution is 0.671. The Labute approximate surface area is 327 Å². The van der Waals surface area contributed by atoms with Gasteiger partial charge in [-0.3, -0.25) is 0 Å². The van der Waals surface area contributed by atoms with E-state index in [-0.39, 0.29) is 0 Å². The number of nitrogens with zero attached hydrogens (tertiary/aromatic N) is 4. The van der Waals surface area contributed by atoms with Crippen molar-refractivity contribution in [3.05, 3.63) is 194 Å². The van der Waals surface area contributed by atoms with Gasteiger partial charge in [0.05, 0.1) is 33.5 Å². The number of aromatic nitrogens is 4. The van der Waals surface area contributed by atoms with Gasteiger partial charge in [0.15, 0.2) is 11.4 Å². The fraction of sp³-hybridized carbons (Fsp3) is 0. The molecule has 4 heterocycles. The Bertz CT molecular complexity index is 3450. The van der Waals surface area contributed by atoms with Gasteiger partial charge < -0.3 is 13.6 Å². The van der Waals surface area contributed by atoms with Crippen LogP contribution in [0.2, 0.25) is 0 Å². The Balaban J connectivity index is 1.14. The molecule has 0 saturated carbocycles. The largest absolute Gasteiger partial charge is 0.454 e. The molecule has 0 unspecified atom stereocenters. The van der Waals surface area contributed by atoms with Crippen molar-refractivity contribution >= 4 is 65.6 Å². The van der Waals surface area contributed by atoms with Gasteiger partial charge in [0, 0.05) is 60.4 Å². The summed E-state index contributed by atoms with van der Waals surface area (Å²) in [6.07, 6.45) is 0. The average Bonchev–Trinajstić information content (AvgIpc) is 3.95. The fourth-order valence-electron chi connectivity index (χ4n) is 8.81. The second-order valence-corrected chi connectivity index (χ2v) is 14.6. The van der Waals surface area contributed by atoms with Crippen molar-refractivity contribution in [2.75, 3.05) is 0 Å². The minimum atomic E-state index is 0.680. The smallest absolute Gasteiger partial charge is 0.160 e. The monoisotopic (exact) mass is 728 g/mol. The van der Waals surface area contributed by atoms with Crippen LogP contribution in [0.1, 0.15) is 0 Å². The highest BCUT2D eigenvalue weighted by molar-refractivity contribution is 6.29. The van der Waals surface area contributed by atoms with Gasteiger partial charge in [-0.1, -0.05) is 140 Å². The van der Waals surface area contributed by atoms with Crippen molar-refractivity contribution in [1.82, 2.24) is 19.1 Å². The van der Waals surface area contributed by atoms with Crippen LogP contribution in [0, 0.1) is 0 Å². The molecule has 0 aliphatic heterocycles. The van der Waals surface area contributed by atoms with Crippen molar-refractivity contribution in [2.24, 2.45) is 0 Å². The van der Waals surface area contributed by atoms with E-state index in [0.717, 1.165) is 88.8 Å². The Morgan fingerprint density at radius 2 is 0.947 bits per heavy atom. The lowest BCUT2D eigenvalue weighted by atomic mass is 10.1. The van der Waals surface area contributed by atoms with Gasteiger partial charge in [-0.2, -0.15) is 0 Å². The van der Waals surface area contributed by atoms with Crippen molar-refractivity contribution in [1.29, 1.82) is 0 Å². The number of rotatable bonds is 5. The van der Waals surface area contributed by atoms with Gasteiger partial charge in [-0.05, 0) is 54.6 Å². The van der Waals surface area contributed by atoms with Gasteiger partial charge in [-0.25, -0.2) is 9.97 Å². The molecule has 0 aliphatic carbocycles. The third-order valence-corrected chi connectivity index (χ3v) is 11.3. The number of benzene rings is 8. The van der Waals surface area contributed by atoms with Crippen LogP contribution in [0.4, 0.5) is 0 Å². The van der Waals surface area contributed by atoms with E-state index in [4.69, 9.17) is 14.4 Å². The molecule has 57 heavy (non-hydrogen) atoms. The highest BCUT2D eigenvalue weighted by atomic mass is 16.3. The third-order valence-electron chi connectivity index (χ3n) is 11.3. The summed E-state index contributed by atoms with van der Waals surface area (Å²) in [7, 11) is 0. The standard InChI is InChI=1S/C52H32N4O/c1-4-15-33(16-5-1)43-32-44(34-17-6-2-7-18-34)54-52(53-43)35-19-14-22-37(31-35)55-45-25-12-10-24-42(45)48-46(55)30-29-39-40-27-28-41-38-23-11-13-26-47(38)57-51(41)50(40)56(49(39)48)36-20-8-3-9-21-36/h1-32H. The van der Waals surface area contributed by atoms with Gasteiger partial charge in [0.1, 0.15) is 5.58 Å². The molecule has 0 atom stereocenters. The molecule has 0 amide bonds. The van der Waals surface area contributed by atoms with Gasteiger partial charge in [0.25, 0.3) is 0 Å². The van der Waals surface area contributed by atoms with Crippen LogP contribution in [0.5, 0.6) is 0 Å². The molecule has 12 rings (SSSR count). The molecule has 0 bridgehead atoms. The first-order valence-electron chi connectivity index (χ1n) is 19.3. The Kier molecular flexibility index (Phi) is 6.86. The molecule has 266 valence electrons. The quantitative estimate of drug-likeness (QED) is 0.177. The molecule has 8 aromatic carbocycles. The summed E-state index contributed by atoms with van der Waals surface area (Å²) in [5, 5.41) is 6.94. The van der Waals surface area contributed by atoms with Crippen LogP contribution in [-0.4, -0.2) is 19.1 Å². The summed E-state index contributed by atoms with van der Waals surface area (Å²) in [5.74, 6) is 0.680. The van der Waals surface area contributed by atoms with Crippen LogP contribution < -0.4 is 0 Å². The highest BCUT2D eigenvalue weighted by Crippen LogP contribution is 2.45. The molecule has 0 spiro atoms. The minimum absolute atomic E-state index is 0.680. The van der Waals surface area contributed by atoms with Crippen LogP contribution in [0.15, 0.2) is 199 Å². The van der Waals surface area contributed by atoms with E-state index in [0.29, 0.717) is 5.82 Å². The van der Waals surface area contributed by atoms with E-state index in [1.807, 2.05) is 18.2 Å². The number of fused-ring (bicyclic) bond motifs is 11. The topological polar surface area (TPSA) is 48.8 Å². The maximum Gasteiger partial charge on any atom is 0.160 e. The Hall–Kier alpha value is -7.76. The second kappa shape index (κ2) is 12.4. The number of furan rings is 1. The summed E-state index contributed by atoms with van der Waals surface area (Å²) in [6.45, 7) is 0. The molecule has 4 aromatic heterocycles. The summed E-state index contributed by atoms with van der Waals surface area (Å²) in [5.41, 5.74) is 13.2. The summed E-state index contributed by atoms with van der Waals surface area (Å²) in [6, 6.07) is 68.2. The van der Waals surface area contributed by atoms with E-state index >= 15 is 0 Å². The fourth-order valence-corrected chi connectivity index (χ4v) is 8.81. The third kappa shape index (κ3) is 4.82. The maximum atomic E-state index is 6.72. The van der Waals surface area contributed by atoms with Crippen molar-refractivity contribution in [3.8, 4) is 45.3 Å². The SMILES string of the molecule is c1ccc(-c2cc(-c3ccccc3)nc(-c3cccc(-n4c5ccccc5c5c4ccc4c6ccc7c8ccccc8oc7c6n(-c6ccccc6)c45)c3)n2)cc1. The molecule has 0 saturated heterocycles. The van der Waals surface area contributed by atoms with E-state index in [1.54, 1.807) is 0 Å². The van der Waals surface area contributed by atoms with Crippen LogP contribution >= 0.6 is 0 Å². The first-order chi connectivity index (χ1) is 28.3. The summed E-state index contributed by atoms with van der Waals surface area (Å²) >= 11 is 0. The lowest BCUT2D eigenvalue weighted by Gasteiger charge is -2.12. The number of hydrogen-bond donors (Lipinski definition) is 0. The molecule has 0 aliphatic rings. The molecular formula is C52H32N4O. The first kappa shape index (κ1) is 31.6. The van der Waals surface area contributed by atoms with Gasteiger partial charge >= 0.3 is 0 Å². The second-order valence-electron chi connectivity index (χ2n) is 14.6. The highest BCUT2D eigenvalue weighted by Gasteiger charge is 2.24. The van der Waals surface area contributed by atoms with E-state index in [1.165, 1.54) is 16.2 Å². The predicted molar refractivity (Wildman–Crippen MR) is 234 cm³/mol. The summed E-state index contributed by atoms with van der Waals surface area (Å²) < 4.78 is 11.5.